The number of thiophene rings is 1. The smallest absolute Gasteiger partial charge is 0.254 e. The van der Waals surface area contributed by atoms with Crippen molar-refractivity contribution in [2.24, 2.45) is 0 Å². The molecule has 4 rings (SSSR count). The van der Waals surface area contributed by atoms with Crippen LogP contribution < -0.4 is 10.1 Å². The lowest BCUT2D eigenvalue weighted by Gasteiger charge is -2.07. The van der Waals surface area contributed by atoms with E-state index in [2.05, 4.69) is 15.5 Å². The lowest BCUT2D eigenvalue weighted by Crippen LogP contribution is -2.13. The van der Waals surface area contributed by atoms with Gasteiger partial charge < -0.3 is 14.5 Å². The van der Waals surface area contributed by atoms with E-state index in [9.17, 15) is 4.79 Å². The molecule has 0 saturated carbocycles. The van der Waals surface area contributed by atoms with Crippen LogP contribution in [0.5, 0.6) is 5.75 Å². The maximum absolute atomic E-state index is 12.1. The van der Waals surface area contributed by atoms with Gasteiger partial charge in [-0.25, -0.2) is 0 Å². The van der Waals surface area contributed by atoms with Crippen LogP contribution in [0.3, 0.4) is 0 Å². The van der Waals surface area contributed by atoms with E-state index in [0.29, 0.717) is 29.6 Å². The Morgan fingerprint density at radius 2 is 1.93 bits per heavy atom. The second kappa shape index (κ2) is 8.49. The van der Waals surface area contributed by atoms with Gasteiger partial charge in [-0.15, -0.1) is 21.5 Å². The minimum Gasteiger partial charge on any atom is -0.484 e. The molecule has 1 amide bonds. The Balaban J connectivity index is 1.35. The van der Waals surface area contributed by atoms with Crippen LogP contribution in [-0.2, 0) is 17.8 Å². The van der Waals surface area contributed by atoms with Gasteiger partial charge >= 0.3 is 0 Å². The zero-order valence-electron chi connectivity index (χ0n) is 14.9. The van der Waals surface area contributed by atoms with Crippen molar-refractivity contribution in [3.05, 3.63) is 82.9 Å². The first kappa shape index (κ1) is 17.9. The van der Waals surface area contributed by atoms with Gasteiger partial charge in [0.2, 0.25) is 11.8 Å². The van der Waals surface area contributed by atoms with Crippen molar-refractivity contribution in [2.45, 2.75) is 13.0 Å². The Labute approximate surface area is 165 Å². The number of aromatic nitrogens is 2. The van der Waals surface area contributed by atoms with Crippen LogP contribution in [0.2, 0.25) is 0 Å². The third-order valence-electron chi connectivity index (χ3n) is 3.88. The average molecular weight is 391 g/mol. The number of hydrogen-bond donors (Lipinski definition) is 1. The maximum atomic E-state index is 12.1. The van der Waals surface area contributed by atoms with Gasteiger partial charge in [0.05, 0.1) is 6.42 Å². The number of nitrogens with zero attached hydrogens (tertiary/aromatic N) is 2. The highest BCUT2D eigenvalue weighted by Crippen LogP contribution is 2.21. The molecule has 0 radical (unpaired) electrons. The summed E-state index contributed by atoms with van der Waals surface area (Å²) in [4.78, 5) is 13.2. The predicted molar refractivity (Wildman–Crippen MR) is 107 cm³/mol. The standard InChI is InChI=1S/C21H17N3O3S/c25-19(13-18-10-5-11-28-18)22-16-8-4-9-17(12-16)26-14-20-23-24-21(27-20)15-6-2-1-3-7-15/h1-12H,13-14H2,(H,22,25). The molecule has 0 aliphatic carbocycles. The lowest BCUT2D eigenvalue weighted by atomic mass is 10.2. The van der Waals surface area contributed by atoms with E-state index in [1.54, 1.807) is 17.4 Å². The van der Waals surface area contributed by atoms with E-state index in [1.165, 1.54) is 0 Å². The van der Waals surface area contributed by atoms with E-state index in [4.69, 9.17) is 9.15 Å². The number of hydrogen-bond acceptors (Lipinski definition) is 6. The van der Waals surface area contributed by atoms with Crippen LogP contribution in [0, 0.1) is 0 Å². The van der Waals surface area contributed by atoms with Crippen molar-refractivity contribution >= 4 is 22.9 Å². The summed E-state index contributed by atoms with van der Waals surface area (Å²) in [6.45, 7) is 0.145. The van der Waals surface area contributed by atoms with Gasteiger partial charge in [-0.3, -0.25) is 4.79 Å². The molecule has 2 aromatic carbocycles. The summed E-state index contributed by atoms with van der Waals surface area (Å²) >= 11 is 1.56. The van der Waals surface area contributed by atoms with Crippen molar-refractivity contribution in [2.75, 3.05) is 5.32 Å². The molecule has 140 valence electrons. The summed E-state index contributed by atoms with van der Waals surface area (Å²) in [7, 11) is 0. The first-order valence-electron chi connectivity index (χ1n) is 8.69. The molecule has 4 aromatic rings. The second-order valence-electron chi connectivity index (χ2n) is 5.99. The molecule has 0 saturated heterocycles. The normalized spacial score (nSPS) is 10.6. The van der Waals surface area contributed by atoms with Crippen molar-refractivity contribution < 1.29 is 13.9 Å². The van der Waals surface area contributed by atoms with E-state index in [1.807, 2.05) is 66.0 Å². The topological polar surface area (TPSA) is 77.2 Å². The Morgan fingerprint density at radius 3 is 2.75 bits per heavy atom. The fourth-order valence-electron chi connectivity index (χ4n) is 2.59. The third kappa shape index (κ3) is 4.63. The highest BCUT2D eigenvalue weighted by Gasteiger charge is 2.09. The molecule has 0 spiro atoms. The van der Waals surface area contributed by atoms with Crippen molar-refractivity contribution in [3.63, 3.8) is 0 Å². The number of ether oxygens (including phenoxy) is 1. The van der Waals surface area contributed by atoms with Crippen LogP contribution in [0.1, 0.15) is 10.8 Å². The summed E-state index contributed by atoms with van der Waals surface area (Å²) < 4.78 is 11.4. The Hall–Kier alpha value is -3.45. The number of nitrogens with one attached hydrogen (secondary N) is 1. The van der Waals surface area contributed by atoms with Crippen LogP contribution >= 0.6 is 11.3 Å². The van der Waals surface area contributed by atoms with Gasteiger partial charge in [0.25, 0.3) is 5.89 Å². The second-order valence-corrected chi connectivity index (χ2v) is 7.02. The molecular weight excluding hydrogens is 374 g/mol. The molecule has 6 nitrogen and oxygen atoms in total. The van der Waals surface area contributed by atoms with Gasteiger partial charge in [-0.2, -0.15) is 0 Å². The van der Waals surface area contributed by atoms with Gasteiger partial charge in [-0.05, 0) is 35.7 Å². The Kier molecular flexibility index (Phi) is 5.44. The van der Waals surface area contributed by atoms with Crippen molar-refractivity contribution in [1.82, 2.24) is 10.2 Å². The van der Waals surface area contributed by atoms with E-state index in [-0.39, 0.29) is 12.5 Å². The SMILES string of the molecule is O=C(Cc1cccs1)Nc1cccc(OCc2nnc(-c3ccccc3)o2)c1. The average Bonchev–Trinajstić information content (AvgIpc) is 3.39. The predicted octanol–water partition coefficient (Wildman–Crippen LogP) is 4.56. The van der Waals surface area contributed by atoms with Crippen molar-refractivity contribution in [3.8, 4) is 17.2 Å². The molecule has 0 bridgehead atoms. The molecule has 0 fully saturated rings. The highest BCUT2D eigenvalue weighted by atomic mass is 32.1. The number of anilines is 1. The molecule has 1 N–H and O–H groups in total. The van der Waals surface area contributed by atoms with Crippen molar-refractivity contribution in [1.29, 1.82) is 0 Å². The number of carbonyl (C=O) groups is 1. The summed E-state index contributed by atoms with van der Waals surface area (Å²) in [6.07, 6.45) is 0.354. The number of rotatable bonds is 7. The fraction of sp³-hybridized carbons (Fsp3) is 0.0952. The first-order valence-corrected chi connectivity index (χ1v) is 9.57. The van der Waals surface area contributed by atoms with E-state index < -0.39 is 0 Å². The molecule has 7 heteroatoms. The van der Waals surface area contributed by atoms with Crippen LogP contribution in [0.4, 0.5) is 5.69 Å². The molecule has 0 atom stereocenters. The van der Waals surface area contributed by atoms with Gasteiger partial charge in [0.1, 0.15) is 5.75 Å². The van der Waals surface area contributed by atoms with Gasteiger partial charge in [-0.1, -0.05) is 30.3 Å². The maximum Gasteiger partial charge on any atom is 0.254 e. The molecule has 2 aromatic heterocycles. The minimum absolute atomic E-state index is 0.0657. The number of benzene rings is 2. The van der Waals surface area contributed by atoms with Crippen LogP contribution in [0.15, 0.2) is 76.5 Å². The summed E-state index contributed by atoms with van der Waals surface area (Å²) in [6, 6.07) is 20.6. The fourth-order valence-corrected chi connectivity index (χ4v) is 3.30. The molecule has 0 aliphatic heterocycles. The quantitative estimate of drug-likeness (QED) is 0.500. The Bertz CT molecular complexity index is 1050. The summed E-state index contributed by atoms with van der Waals surface area (Å²) in [5.74, 6) is 1.37. The molecule has 0 unspecified atom stereocenters. The zero-order chi connectivity index (χ0) is 19.2. The largest absolute Gasteiger partial charge is 0.484 e. The number of amides is 1. The lowest BCUT2D eigenvalue weighted by molar-refractivity contribution is -0.115. The third-order valence-corrected chi connectivity index (χ3v) is 4.76. The molecule has 0 aliphatic rings. The van der Waals surface area contributed by atoms with Gasteiger partial charge in [0, 0.05) is 22.2 Å². The van der Waals surface area contributed by atoms with E-state index >= 15 is 0 Å². The molecule has 2 heterocycles. The molecule has 28 heavy (non-hydrogen) atoms. The summed E-state index contributed by atoms with van der Waals surface area (Å²) in [5, 5.41) is 12.9. The minimum atomic E-state index is -0.0657. The molecular formula is C21H17N3O3S. The highest BCUT2D eigenvalue weighted by molar-refractivity contribution is 7.10. The van der Waals surface area contributed by atoms with Crippen LogP contribution in [0.25, 0.3) is 11.5 Å². The number of carbonyl (C=O) groups excluding carboxylic acids is 1. The Morgan fingerprint density at radius 1 is 1.04 bits per heavy atom. The van der Waals surface area contributed by atoms with Gasteiger partial charge in [0.15, 0.2) is 6.61 Å². The van der Waals surface area contributed by atoms with Crippen LogP contribution in [-0.4, -0.2) is 16.1 Å². The monoisotopic (exact) mass is 391 g/mol. The first-order chi connectivity index (χ1) is 13.8. The zero-order valence-corrected chi connectivity index (χ0v) is 15.7. The van der Waals surface area contributed by atoms with E-state index in [0.717, 1.165) is 10.4 Å². The summed E-state index contributed by atoms with van der Waals surface area (Å²) in [5.41, 5.74) is 1.53.